The molecule has 2 aliphatic heterocycles. The summed E-state index contributed by atoms with van der Waals surface area (Å²) >= 11 is 5.85. The van der Waals surface area contributed by atoms with Gasteiger partial charge in [-0.3, -0.25) is 23.2 Å². The number of hydrogen-bond donors (Lipinski definition) is 2. The van der Waals surface area contributed by atoms with Gasteiger partial charge in [-0.15, -0.1) is 0 Å². The Morgan fingerprint density at radius 3 is 2.63 bits per heavy atom. The third-order valence-electron chi connectivity index (χ3n) is 6.38. The molecule has 16 heteroatoms. The van der Waals surface area contributed by atoms with Crippen LogP contribution in [-0.4, -0.2) is 45.9 Å². The van der Waals surface area contributed by atoms with Gasteiger partial charge in [-0.1, -0.05) is 29.8 Å². The van der Waals surface area contributed by atoms with Crippen LogP contribution in [0.15, 0.2) is 65.9 Å². The van der Waals surface area contributed by atoms with E-state index in [4.69, 9.17) is 30.1 Å². The van der Waals surface area contributed by atoms with Gasteiger partial charge >= 0.3 is 13.8 Å². The maximum Gasteiger partial charge on any atom is 0.322 e. The molecule has 3 heterocycles. The number of amides is 1. The van der Waals surface area contributed by atoms with E-state index in [1.54, 1.807) is 30.3 Å². The molecule has 3 aromatic rings. The second-order valence-corrected chi connectivity index (χ2v) is 11.3. The number of carbonyl (C=O) groups is 3. The van der Waals surface area contributed by atoms with Crippen LogP contribution in [0.3, 0.4) is 0 Å². The van der Waals surface area contributed by atoms with Gasteiger partial charge in [-0.25, -0.2) is 9.98 Å². The molecule has 226 valence electrons. The van der Waals surface area contributed by atoms with Crippen LogP contribution in [0.5, 0.6) is 5.75 Å². The Morgan fingerprint density at radius 2 is 1.91 bits per heavy atom. The van der Waals surface area contributed by atoms with Gasteiger partial charge in [-0.05, 0) is 43.3 Å². The smallest absolute Gasteiger partial charge is 0.322 e. The predicted molar refractivity (Wildman–Crippen MR) is 150 cm³/mol. The van der Waals surface area contributed by atoms with Gasteiger partial charge < -0.3 is 34.3 Å². The van der Waals surface area contributed by atoms with Gasteiger partial charge in [0.05, 0.1) is 19.1 Å². The molecule has 0 aliphatic carbocycles. The largest absolute Gasteiger partial charge is 0.746 e. The highest BCUT2D eigenvalue weighted by atomic mass is 35.5. The van der Waals surface area contributed by atoms with E-state index < -0.39 is 38.6 Å². The number of nitrogens with zero attached hydrogens (tertiary/aromatic N) is 3. The number of hydrogen-bond acceptors (Lipinski definition) is 12. The summed E-state index contributed by atoms with van der Waals surface area (Å²) in [5.74, 6) is -0.956. The number of halogens is 1. The molecule has 1 fully saturated rings. The van der Waals surface area contributed by atoms with Crippen molar-refractivity contribution in [2.24, 2.45) is 4.99 Å². The van der Waals surface area contributed by atoms with E-state index in [2.05, 4.69) is 20.6 Å². The van der Waals surface area contributed by atoms with Crippen molar-refractivity contribution in [1.29, 1.82) is 0 Å². The van der Waals surface area contributed by atoms with Gasteiger partial charge in [0, 0.05) is 23.4 Å². The lowest BCUT2D eigenvalue weighted by Gasteiger charge is -2.28. The van der Waals surface area contributed by atoms with Crippen LogP contribution < -0.4 is 20.1 Å². The Balaban J connectivity index is 1.33. The first kappa shape index (κ1) is 30.4. The molecular weight excluding hydrogens is 605 g/mol. The average Bonchev–Trinajstić information content (AvgIpc) is 3.57. The first-order valence-electron chi connectivity index (χ1n) is 13.1. The third-order valence-corrected chi connectivity index (χ3v) is 7.53. The van der Waals surface area contributed by atoms with E-state index in [-0.39, 0.29) is 36.7 Å². The summed E-state index contributed by atoms with van der Waals surface area (Å²) in [4.78, 5) is 57.9. The maximum atomic E-state index is 12.8. The number of aliphatic imine (C=N–C) groups is 1. The van der Waals surface area contributed by atoms with Gasteiger partial charge in [0.2, 0.25) is 6.29 Å². The van der Waals surface area contributed by atoms with Crippen LogP contribution in [-0.2, 0) is 28.2 Å². The number of esters is 1. The maximum absolute atomic E-state index is 12.8. The van der Waals surface area contributed by atoms with Crippen molar-refractivity contribution in [1.82, 2.24) is 14.9 Å². The van der Waals surface area contributed by atoms with Gasteiger partial charge in [0.25, 0.3) is 5.91 Å². The zero-order chi connectivity index (χ0) is 30.6. The first-order chi connectivity index (χ1) is 20.6. The zero-order valence-electron chi connectivity index (χ0n) is 22.6. The van der Waals surface area contributed by atoms with Crippen LogP contribution in [0, 0.1) is 0 Å². The number of nitrogens with one attached hydrogen (secondary N) is 2. The molecule has 2 aliphatic rings. The fourth-order valence-electron chi connectivity index (χ4n) is 4.35. The predicted octanol–water partition coefficient (Wildman–Crippen LogP) is 3.51. The van der Waals surface area contributed by atoms with Crippen LogP contribution >= 0.6 is 19.4 Å². The summed E-state index contributed by atoms with van der Waals surface area (Å²) in [5, 5.41) is 6.13. The Morgan fingerprint density at radius 1 is 1.16 bits per heavy atom. The molecule has 14 nitrogen and oxygen atoms in total. The van der Waals surface area contributed by atoms with Crippen molar-refractivity contribution in [3.05, 3.63) is 77.2 Å². The van der Waals surface area contributed by atoms with E-state index in [1.807, 2.05) is 0 Å². The topological polar surface area (TPSA) is 182 Å². The lowest BCUT2D eigenvalue weighted by molar-refractivity contribution is -0.244. The van der Waals surface area contributed by atoms with Crippen LogP contribution in [0.1, 0.15) is 54.6 Å². The number of ketones is 1. The summed E-state index contributed by atoms with van der Waals surface area (Å²) < 4.78 is 35.9. The molecular formula is C27H26ClN5O9P-. The summed E-state index contributed by atoms with van der Waals surface area (Å²) in [6.07, 6.45) is -2.03. The minimum Gasteiger partial charge on any atom is -0.746 e. The summed E-state index contributed by atoms with van der Waals surface area (Å²) in [5.41, 5.74) is 0.809. The quantitative estimate of drug-likeness (QED) is 0.233. The highest BCUT2D eigenvalue weighted by Crippen LogP contribution is 2.46. The van der Waals surface area contributed by atoms with Crippen molar-refractivity contribution >= 4 is 49.2 Å². The molecule has 2 aromatic carbocycles. The lowest BCUT2D eigenvalue weighted by Crippen LogP contribution is -2.31. The zero-order valence-corrected chi connectivity index (χ0v) is 24.3. The molecule has 1 saturated heterocycles. The minimum absolute atomic E-state index is 0.0416. The van der Waals surface area contributed by atoms with E-state index in [1.165, 1.54) is 48.4 Å². The summed E-state index contributed by atoms with van der Waals surface area (Å²) in [6.45, 7) is 1.34. The van der Waals surface area contributed by atoms with Crippen LogP contribution in [0.25, 0.3) is 0 Å². The normalized spacial score (nSPS) is 22.1. The SMILES string of the molecule is CC(=O)CCC(=O)O[C@H]1C[C@@H](n2cnc3c2NC=N[C@@H]3NC(=O)c2ccccc2)O[C@@H]1OP(=O)([O-])Oc1ccc(Cl)cc1. The highest BCUT2D eigenvalue weighted by Gasteiger charge is 2.43. The molecule has 2 N–H and O–H groups in total. The number of anilines is 1. The number of fused-ring (bicyclic) bond motifs is 1. The standard InChI is InChI=1S/C27H27ClN5O9P/c1-16(34)7-12-22(35)39-20-13-21(40-27(20)42-43(37,38)41-19-10-8-18(28)9-11-19)33-15-31-23-24(29-14-30-25(23)33)32-26(36)17-5-3-2-4-6-17/h2-6,8-11,14-15,20-21,24,27H,7,12-13H2,1H3,(H,29,30)(H,32,36)(H,37,38)/p-1/t20-,21-,24+,27+/m0/s1. The van der Waals surface area contributed by atoms with E-state index in [0.717, 1.165) is 0 Å². The van der Waals surface area contributed by atoms with Crippen molar-refractivity contribution in [3.63, 3.8) is 0 Å². The van der Waals surface area contributed by atoms with Crippen LogP contribution in [0.4, 0.5) is 5.82 Å². The molecule has 0 spiro atoms. The average molecular weight is 631 g/mol. The van der Waals surface area contributed by atoms with Crippen molar-refractivity contribution in [3.8, 4) is 5.75 Å². The second-order valence-electron chi connectivity index (χ2n) is 9.57. The first-order valence-corrected chi connectivity index (χ1v) is 14.9. The van der Waals surface area contributed by atoms with Crippen molar-refractivity contribution in [2.45, 2.75) is 51.0 Å². The van der Waals surface area contributed by atoms with Gasteiger partial charge in [-0.2, -0.15) is 0 Å². The lowest BCUT2D eigenvalue weighted by atomic mass is 10.2. The molecule has 1 unspecified atom stereocenters. The van der Waals surface area contributed by atoms with Crippen molar-refractivity contribution < 1.29 is 42.4 Å². The minimum atomic E-state index is -5.04. The number of Topliss-reactive ketones (excluding diaryl/α,β-unsaturated/α-hetero) is 1. The summed E-state index contributed by atoms with van der Waals surface area (Å²) in [7, 11) is -5.04. The molecule has 1 aromatic heterocycles. The van der Waals surface area contributed by atoms with Crippen molar-refractivity contribution in [2.75, 3.05) is 5.32 Å². The number of phosphoric ester groups is 1. The number of phosphoric acid groups is 1. The monoisotopic (exact) mass is 630 g/mol. The third kappa shape index (κ3) is 7.66. The fourth-order valence-corrected chi connectivity index (χ4v) is 5.34. The number of imidazole rings is 1. The number of rotatable bonds is 11. The van der Waals surface area contributed by atoms with E-state index >= 15 is 0 Å². The van der Waals surface area contributed by atoms with Gasteiger partial charge in [0.1, 0.15) is 29.3 Å². The Kier molecular flexibility index (Phi) is 9.23. The molecule has 0 radical (unpaired) electrons. The van der Waals surface area contributed by atoms with E-state index in [9.17, 15) is 23.8 Å². The summed E-state index contributed by atoms with van der Waals surface area (Å²) in [6, 6.07) is 14.1. The Hall–Kier alpha value is -4.07. The highest BCUT2D eigenvalue weighted by molar-refractivity contribution is 7.46. The number of ether oxygens (including phenoxy) is 2. The fraction of sp³-hybridized carbons (Fsp3) is 0.296. The number of benzene rings is 2. The number of aromatic nitrogens is 2. The molecule has 0 bridgehead atoms. The van der Waals surface area contributed by atoms with Crippen LogP contribution in [0.2, 0.25) is 5.02 Å². The molecule has 5 rings (SSSR count). The molecule has 0 saturated carbocycles. The second kappa shape index (κ2) is 13.1. The molecule has 43 heavy (non-hydrogen) atoms. The number of carbonyl (C=O) groups excluding carboxylic acids is 3. The molecule has 1 amide bonds. The Bertz CT molecular complexity index is 1570. The van der Waals surface area contributed by atoms with E-state index in [0.29, 0.717) is 22.1 Å². The van der Waals surface area contributed by atoms with Gasteiger partial charge in [0.15, 0.2) is 12.3 Å². The Labute approximate surface area is 250 Å². The molecule has 5 atom stereocenters.